The number of hydrogen-bond donors (Lipinski definition) is 2. The van der Waals surface area contributed by atoms with Gasteiger partial charge in [-0.3, -0.25) is 9.36 Å². The Morgan fingerprint density at radius 1 is 1.33 bits per heavy atom. The molecule has 24 heavy (non-hydrogen) atoms. The maximum absolute atomic E-state index is 11.8. The maximum atomic E-state index is 11.8. The third-order valence-electron chi connectivity index (χ3n) is 3.75. The van der Waals surface area contributed by atoms with Gasteiger partial charge in [0.2, 0.25) is 4.77 Å². The molecule has 0 aliphatic rings. The van der Waals surface area contributed by atoms with E-state index in [0.717, 1.165) is 23.7 Å². The minimum atomic E-state index is 0.0568. The molecule has 2 rings (SSSR count). The highest BCUT2D eigenvalue weighted by atomic mass is 32.1. The Balaban J connectivity index is 2.03. The van der Waals surface area contributed by atoms with Gasteiger partial charge in [-0.05, 0) is 31.1 Å². The first-order valence-corrected chi connectivity index (χ1v) is 8.68. The second-order valence-corrected chi connectivity index (χ2v) is 6.41. The number of carbonyl (C=O) groups excluding carboxylic acids is 1. The van der Waals surface area contributed by atoms with Gasteiger partial charge in [-0.2, -0.15) is 9.78 Å². The molecule has 0 fully saturated rings. The predicted octanol–water partition coefficient (Wildman–Crippen LogP) is 0.769. The molecule has 0 spiro atoms. The number of aromatic nitrogens is 3. The average Bonchev–Trinajstić information content (AvgIpc) is 2.81. The Hall–Kier alpha value is -1.99. The van der Waals surface area contributed by atoms with Gasteiger partial charge in [0.25, 0.3) is 5.91 Å². The number of nitrogens with one attached hydrogen (secondary N) is 2. The van der Waals surface area contributed by atoms with E-state index in [4.69, 9.17) is 12.2 Å². The fraction of sp³-hybridized carbons (Fsp3) is 0.471. The third kappa shape index (κ3) is 5.01. The van der Waals surface area contributed by atoms with Gasteiger partial charge in [-0.15, -0.1) is 0 Å². The number of carbonyl (C=O) groups is 1. The van der Waals surface area contributed by atoms with Crippen LogP contribution < -0.4 is 10.2 Å². The van der Waals surface area contributed by atoms with Crippen LogP contribution in [-0.2, 0) is 18.0 Å². The van der Waals surface area contributed by atoms with Crippen LogP contribution in [0, 0.1) is 11.7 Å². The number of likely N-dealkylation sites (N-methyl/N-ethyl adjacent to an activating group) is 1. The van der Waals surface area contributed by atoms with Crippen LogP contribution in [0.25, 0.3) is 0 Å². The molecule has 0 saturated carbocycles. The second kappa shape index (κ2) is 8.75. The summed E-state index contributed by atoms with van der Waals surface area (Å²) in [6, 6.07) is 10.2. The summed E-state index contributed by atoms with van der Waals surface area (Å²) in [5.74, 6) is 0.938. The van der Waals surface area contributed by atoms with E-state index in [9.17, 15) is 4.79 Å². The molecule has 2 N–H and O–H groups in total. The molecule has 1 aromatic heterocycles. The molecule has 1 atom stereocenters. The van der Waals surface area contributed by atoms with E-state index in [-0.39, 0.29) is 5.91 Å². The fourth-order valence-corrected chi connectivity index (χ4v) is 2.81. The molecule has 1 aromatic carbocycles. The van der Waals surface area contributed by atoms with Gasteiger partial charge in [0, 0.05) is 6.54 Å². The van der Waals surface area contributed by atoms with Crippen molar-refractivity contribution in [1.29, 1.82) is 0 Å². The van der Waals surface area contributed by atoms with Gasteiger partial charge in [0.15, 0.2) is 13.2 Å². The zero-order valence-corrected chi connectivity index (χ0v) is 15.4. The summed E-state index contributed by atoms with van der Waals surface area (Å²) in [4.78, 5) is 12.9. The lowest BCUT2D eigenvalue weighted by Gasteiger charge is -2.13. The number of amides is 1. The summed E-state index contributed by atoms with van der Waals surface area (Å²) in [7, 11) is 1.97. The van der Waals surface area contributed by atoms with Crippen molar-refractivity contribution in [1.82, 2.24) is 19.7 Å². The van der Waals surface area contributed by atoms with Crippen LogP contribution in [0.1, 0.15) is 24.7 Å². The Bertz CT molecular complexity index is 722. The van der Waals surface area contributed by atoms with Crippen molar-refractivity contribution < 1.29 is 9.69 Å². The standard InChI is InChI=1S/C17H25N5OS/c1-4-10-18-16(23)12-20(3)13-22-17(24)21(14(2)19-22)11-15-8-6-5-7-9-15/h5-9H,4,10-13H2,1-3H3,(H,18,23)/p+1. The van der Waals surface area contributed by atoms with Crippen molar-refractivity contribution in [3.63, 3.8) is 0 Å². The summed E-state index contributed by atoms with van der Waals surface area (Å²) in [6.07, 6.45) is 0.943. The molecule has 1 unspecified atom stereocenters. The van der Waals surface area contributed by atoms with Crippen molar-refractivity contribution in [3.8, 4) is 0 Å². The molecule has 2 aromatic rings. The van der Waals surface area contributed by atoms with Crippen LogP contribution in [0.15, 0.2) is 30.3 Å². The smallest absolute Gasteiger partial charge is 0.275 e. The van der Waals surface area contributed by atoms with Crippen molar-refractivity contribution in [3.05, 3.63) is 46.5 Å². The molecule has 0 radical (unpaired) electrons. The van der Waals surface area contributed by atoms with Gasteiger partial charge in [-0.1, -0.05) is 37.3 Å². The summed E-state index contributed by atoms with van der Waals surface area (Å²) in [6.45, 7) is 6.40. The average molecular weight is 348 g/mol. The minimum absolute atomic E-state index is 0.0568. The topological polar surface area (TPSA) is 56.3 Å². The van der Waals surface area contributed by atoms with Crippen molar-refractivity contribution in [2.45, 2.75) is 33.5 Å². The van der Waals surface area contributed by atoms with E-state index in [1.54, 1.807) is 4.68 Å². The van der Waals surface area contributed by atoms with Gasteiger partial charge in [-0.25, -0.2) is 0 Å². The summed E-state index contributed by atoms with van der Waals surface area (Å²) in [5.41, 5.74) is 1.19. The van der Waals surface area contributed by atoms with Gasteiger partial charge >= 0.3 is 0 Å². The second-order valence-electron chi connectivity index (χ2n) is 6.04. The Morgan fingerprint density at radius 3 is 2.71 bits per heavy atom. The number of quaternary nitrogens is 1. The Labute approximate surface area is 148 Å². The minimum Gasteiger partial charge on any atom is -0.351 e. The molecular formula is C17H26N5OS+. The molecule has 0 aliphatic carbocycles. The molecule has 6 nitrogen and oxygen atoms in total. The highest BCUT2D eigenvalue weighted by Gasteiger charge is 2.13. The molecule has 130 valence electrons. The van der Waals surface area contributed by atoms with Crippen molar-refractivity contribution in [2.75, 3.05) is 20.1 Å². The molecular weight excluding hydrogens is 322 g/mol. The van der Waals surface area contributed by atoms with Crippen LogP contribution >= 0.6 is 12.2 Å². The van der Waals surface area contributed by atoms with E-state index in [0.29, 0.717) is 24.5 Å². The largest absolute Gasteiger partial charge is 0.351 e. The molecule has 1 heterocycles. The van der Waals surface area contributed by atoms with E-state index in [2.05, 4.69) is 22.5 Å². The highest BCUT2D eigenvalue weighted by molar-refractivity contribution is 7.71. The van der Waals surface area contributed by atoms with Gasteiger partial charge in [0.1, 0.15) is 5.82 Å². The lowest BCUT2D eigenvalue weighted by Crippen LogP contribution is -3.09. The van der Waals surface area contributed by atoms with Crippen molar-refractivity contribution in [2.24, 2.45) is 0 Å². The molecule has 7 heteroatoms. The zero-order valence-electron chi connectivity index (χ0n) is 14.6. The number of benzene rings is 1. The SMILES string of the molecule is CCCNC(=O)C[NH+](C)Cn1nc(C)n(Cc2ccccc2)c1=S. The maximum Gasteiger partial charge on any atom is 0.275 e. The summed E-state index contributed by atoms with van der Waals surface area (Å²) in [5, 5.41) is 7.43. The molecule has 0 aliphatic heterocycles. The first kappa shape index (κ1) is 18.4. The van der Waals surface area contributed by atoms with E-state index in [1.165, 1.54) is 5.56 Å². The van der Waals surface area contributed by atoms with Crippen LogP contribution in [0.4, 0.5) is 0 Å². The lowest BCUT2D eigenvalue weighted by molar-refractivity contribution is -0.895. The normalized spacial score (nSPS) is 12.1. The summed E-state index contributed by atoms with van der Waals surface area (Å²) < 4.78 is 4.51. The Morgan fingerprint density at radius 2 is 2.04 bits per heavy atom. The first-order chi connectivity index (χ1) is 11.5. The van der Waals surface area contributed by atoms with Crippen LogP contribution in [0.2, 0.25) is 0 Å². The van der Waals surface area contributed by atoms with Crippen LogP contribution in [0.5, 0.6) is 0 Å². The fourth-order valence-electron chi connectivity index (χ4n) is 2.51. The van der Waals surface area contributed by atoms with Crippen molar-refractivity contribution >= 4 is 18.1 Å². The lowest BCUT2D eigenvalue weighted by atomic mass is 10.2. The molecule has 0 saturated heterocycles. The first-order valence-electron chi connectivity index (χ1n) is 8.27. The monoisotopic (exact) mass is 348 g/mol. The quantitative estimate of drug-likeness (QED) is 0.693. The van der Waals surface area contributed by atoms with Gasteiger partial charge in [0.05, 0.1) is 13.6 Å². The molecule has 1 amide bonds. The third-order valence-corrected chi connectivity index (χ3v) is 4.18. The van der Waals surface area contributed by atoms with Crippen LogP contribution in [0.3, 0.4) is 0 Å². The van der Waals surface area contributed by atoms with E-state index in [1.807, 2.05) is 43.7 Å². The van der Waals surface area contributed by atoms with E-state index >= 15 is 0 Å². The highest BCUT2D eigenvalue weighted by Crippen LogP contribution is 2.06. The number of aryl methyl sites for hydroxylation is 1. The predicted molar refractivity (Wildman–Crippen MR) is 96.4 cm³/mol. The van der Waals surface area contributed by atoms with Gasteiger partial charge < -0.3 is 10.2 Å². The number of rotatable bonds is 8. The Kier molecular flexibility index (Phi) is 6.69. The van der Waals surface area contributed by atoms with Crippen LogP contribution in [-0.4, -0.2) is 40.4 Å². The van der Waals surface area contributed by atoms with E-state index < -0.39 is 0 Å². The number of nitrogens with zero attached hydrogens (tertiary/aromatic N) is 3. The number of hydrogen-bond acceptors (Lipinski definition) is 3. The summed E-state index contributed by atoms with van der Waals surface area (Å²) >= 11 is 5.56. The zero-order chi connectivity index (χ0) is 17.5. The molecule has 0 bridgehead atoms.